The lowest BCUT2D eigenvalue weighted by Gasteiger charge is -2.13. The molecule has 0 bridgehead atoms. The molecule has 0 atom stereocenters. The first kappa shape index (κ1) is 13.5. The third-order valence-corrected chi connectivity index (χ3v) is 4.10. The van der Waals surface area contributed by atoms with Gasteiger partial charge in [0, 0.05) is 30.8 Å². The maximum atomic E-state index is 12.0. The molecule has 0 saturated carbocycles. The number of nitrogens with one attached hydrogen (secondary N) is 1. The quantitative estimate of drug-likeness (QED) is 0.907. The van der Waals surface area contributed by atoms with Gasteiger partial charge in [0.05, 0.1) is 6.20 Å². The van der Waals surface area contributed by atoms with Crippen LogP contribution in [0.15, 0.2) is 48.1 Å². The van der Waals surface area contributed by atoms with Gasteiger partial charge in [-0.1, -0.05) is 30.3 Å². The van der Waals surface area contributed by atoms with Gasteiger partial charge in [0.15, 0.2) is 0 Å². The summed E-state index contributed by atoms with van der Waals surface area (Å²) in [6.07, 6.45) is 4.86. The van der Waals surface area contributed by atoms with Crippen molar-refractivity contribution >= 4 is 16.1 Å². The summed E-state index contributed by atoms with van der Waals surface area (Å²) in [7, 11) is -1.88. The van der Waals surface area contributed by atoms with E-state index in [2.05, 4.69) is 10.2 Å². The third kappa shape index (κ3) is 3.77. The highest BCUT2D eigenvalue weighted by Gasteiger charge is 2.14. The van der Waals surface area contributed by atoms with E-state index in [4.69, 9.17) is 0 Å². The van der Waals surface area contributed by atoms with Gasteiger partial charge >= 0.3 is 0 Å². The van der Waals surface area contributed by atoms with Crippen molar-refractivity contribution in [3.05, 3.63) is 59.3 Å². The molecule has 0 aliphatic heterocycles. The summed E-state index contributed by atoms with van der Waals surface area (Å²) >= 11 is 0. The lowest BCUT2D eigenvalue weighted by molar-refractivity contribution is 0.475. The summed E-state index contributed by atoms with van der Waals surface area (Å²) in [5.41, 5.74) is 1.67. The summed E-state index contributed by atoms with van der Waals surface area (Å²) < 4.78 is 25.4. The lowest BCUT2D eigenvalue weighted by Crippen LogP contribution is -2.24. The number of hydrogen-bond acceptors (Lipinski definition) is 3. The second-order valence-corrected chi connectivity index (χ2v) is 6.05. The molecule has 0 saturated heterocycles. The van der Waals surface area contributed by atoms with Crippen molar-refractivity contribution in [2.45, 2.75) is 6.54 Å². The zero-order chi connectivity index (χ0) is 13.7. The Morgan fingerprint density at radius 1 is 1.32 bits per heavy atom. The fraction of sp³-hybridized carbons (Fsp3) is 0.154. The van der Waals surface area contributed by atoms with Gasteiger partial charge in [0.1, 0.15) is 0 Å². The summed E-state index contributed by atoms with van der Waals surface area (Å²) in [6, 6.07) is 9.31. The van der Waals surface area contributed by atoms with Crippen molar-refractivity contribution in [2.75, 3.05) is 7.05 Å². The number of H-pyrrole nitrogens is 1. The predicted octanol–water partition coefficient (Wildman–Crippen LogP) is 1.84. The minimum atomic E-state index is -3.42. The molecule has 0 spiro atoms. The van der Waals surface area contributed by atoms with Gasteiger partial charge in [-0.25, -0.2) is 8.42 Å². The van der Waals surface area contributed by atoms with E-state index in [9.17, 15) is 8.42 Å². The zero-order valence-electron chi connectivity index (χ0n) is 10.5. The first-order valence-corrected chi connectivity index (χ1v) is 7.25. The molecular weight excluding hydrogens is 262 g/mol. The van der Waals surface area contributed by atoms with Crippen LogP contribution in [0.4, 0.5) is 0 Å². The molecule has 1 N–H and O–H groups in total. The molecule has 1 aromatic heterocycles. The molecule has 0 fully saturated rings. The fourth-order valence-corrected chi connectivity index (χ4v) is 2.41. The fourth-order valence-electron chi connectivity index (χ4n) is 1.54. The molecule has 2 rings (SSSR count). The molecule has 1 heterocycles. The van der Waals surface area contributed by atoms with Gasteiger partial charge in [0.2, 0.25) is 10.0 Å². The zero-order valence-corrected chi connectivity index (χ0v) is 11.3. The van der Waals surface area contributed by atoms with Crippen LogP contribution in [-0.4, -0.2) is 30.0 Å². The van der Waals surface area contributed by atoms with Crippen molar-refractivity contribution in [1.82, 2.24) is 14.5 Å². The van der Waals surface area contributed by atoms with Crippen LogP contribution in [0.25, 0.3) is 6.08 Å². The Morgan fingerprint density at radius 2 is 2.05 bits per heavy atom. The van der Waals surface area contributed by atoms with Crippen molar-refractivity contribution in [3.63, 3.8) is 0 Å². The van der Waals surface area contributed by atoms with Crippen LogP contribution >= 0.6 is 0 Å². The van der Waals surface area contributed by atoms with E-state index >= 15 is 0 Å². The first-order chi connectivity index (χ1) is 9.08. The molecule has 1 aromatic carbocycles. The summed E-state index contributed by atoms with van der Waals surface area (Å²) in [6.45, 7) is 0.290. The minimum Gasteiger partial charge on any atom is -0.285 e. The summed E-state index contributed by atoms with van der Waals surface area (Å²) in [5.74, 6) is 0. The Labute approximate surface area is 112 Å². The van der Waals surface area contributed by atoms with Gasteiger partial charge in [0.25, 0.3) is 0 Å². The molecule has 0 radical (unpaired) electrons. The van der Waals surface area contributed by atoms with Gasteiger partial charge < -0.3 is 0 Å². The molecule has 100 valence electrons. The highest BCUT2D eigenvalue weighted by atomic mass is 32.2. The Bertz CT molecular complexity index is 634. The Hall–Kier alpha value is -1.92. The topological polar surface area (TPSA) is 66.1 Å². The second kappa shape index (κ2) is 5.81. The molecule has 5 nitrogen and oxygen atoms in total. The van der Waals surface area contributed by atoms with Crippen LogP contribution in [0, 0.1) is 0 Å². The Kier molecular flexibility index (Phi) is 4.13. The van der Waals surface area contributed by atoms with Gasteiger partial charge in [-0.2, -0.15) is 9.40 Å². The standard InChI is InChI=1S/C13H15N3O2S/c1-16(11-13-9-14-15-10-13)19(17,18)8-7-12-5-3-2-4-6-12/h2-10H,11H2,1H3,(H,14,15). The highest BCUT2D eigenvalue weighted by Crippen LogP contribution is 2.09. The normalized spacial score (nSPS) is 12.3. The van der Waals surface area contributed by atoms with Gasteiger partial charge in [-0.15, -0.1) is 0 Å². The monoisotopic (exact) mass is 277 g/mol. The predicted molar refractivity (Wildman–Crippen MR) is 74.5 cm³/mol. The smallest absolute Gasteiger partial charge is 0.236 e. The molecule has 6 heteroatoms. The molecule has 0 unspecified atom stereocenters. The van der Waals surface area contributed by atoms with Crippen LogP contribution in [0.3, 0.4) is 0 Å². The summed E-state index contributed by atoms with van der Waals surface area (Å²) in [4.78, 5) is 0. The second-order valence-electron chi connectivity index (χ2n) is 4.12. The average Bonchev–Trinajstić information content (AvgIpc) is 2.90. The Balaban J connectivity index is 2.08. The maximum Gasteiger partial charge on any atom is 0.236 e. The van der Waals surface area contributed by atoms with E-state index in [-0.39, 0.29) is 6.54 Å². The lowest BCUT2D eigenvalue weighted by atomic mass is 10.2. The van der Waals surface area contributed by atoms with Crippen molar-refractivity contribution in [1.29, 1.82) is 0 Å². The highest BCUT2D eigenvalue weighted by molar-refractivity contribution is 7.92. The van der Waals surface area contributed by atoms with E-state index in [1.54, 1.807) is 18.5 Å². The number of rotatable bonds is 5. The molecule has 2 aromatic rings. The number of hydrogen-bond donors (Lipinski definition) is 1. The molecule has 19 heavy (non-hydrogen) atoms. The number of aromatic nitrogens is 2. The number of benzene rings is 1. The SMILES string of the molecule is CN(Cc1cn[nH]c1)S(=O)(=O)C=Cc1ccccc1. The molecular formula is C13H15N3O2S. The van der Waals surface area contributed by atoms with Gasteiger partial charge in [-0.05, 0) is 11.6 Å². The van der Waals surface area contributed by atoms with E-state index in [1.807, 2.05) is 30.3 Å². The molecule has 0 aliphatic rings. The largest absolute Gasteiger partial charge is 0.285 e. The van der Waals surface area contributed by atoms with Crippen molar-refractivity contribution < 1.29 is 8.42 Å². The molecule has 0 aliphatic carbocycles. The van der Waals surface area contributed by atoms with Crippen molar-refractivity contribution in [2.24, 2.45) is 0 Å². The first-order valence-electron chi connectivity index (χ1n) is 5.75. The summed E-state index contributed by atoms with van der Waals surface area (Å²) in [5, 5.41) is 7.65. The van der Waals surface area contributed by atoms with Crippen LogP contribution < -0.4 is 0 Å². The van der Waals surface area contributed by atoms with Crippen LogP contribution in [-0.2, 0) is 16.6 Å². The van der Waals surface area contributed by atoms with E-state index < -0.39 is 10.0 Å². The van der Waals surface area contributed by atoms with E-state index in [0.29, 0.717) is 0 Å². The van der Waals surface area contributed by atoms with Crippen LogP contribution in [0.5, 0.6) is 0 Å². The van der Waals surface area contributed by atoms with Crippen molar-refractivity contribution in [3.8, 4) is 0 Å². The average molecular weight is 277 g/mol. The number of sulfonamides is 1. The third-order valence-electron chi connectivity index (χ3n) is 2.63. The number of nitrogens with zero attached hydrogens (tertiary/aromatic N) is 2. The minimum absolute atomic E-state index is 0.290. The number of aromatic amines is 1. The van der Waals surface area contributed by atoms with Crippen LogP contribution in [0.1, 0.15) is 11.1 Å². The molecule has 0 amide bonds. The van der Waals surface area contributed by atoms with Gasteiger partial charge in [-0.3, -0.25) is 5.10 Å². The Morgan fingerprint density at radius 3 is 2.68 bits per heavy atom. The van der Waals surface area contributed by atoms with Crippen LogP contribution in [0.2, 0.25) is 0 Å². The van der Waals surface area contributed by atoms with E-state index in [0.717, 1.165) is 11.1 Å². The van der Waals surface area contributed by atoms with E-state index in [1.165, 1.54) is 16.8 Å². The maximum absolute atomic E-state index is 12.0.